The number of nitro groups is 1. The molecular formula is C59H67Cl3F4N8O11S. The number of ether oxygens (including phenoxy) is 4. The lowest BCUT2D eigenvalue weighted by atomic mass is 10.1. The van der Waals surface area contributed by atoms with E-state index >= 15 is 0 Å². The van der Waals surface area contributed by atoms with Crippen molar-refractivity contribution in [1.29, 1.82) is 0 Å². The number of carbonyl (C=O) groups is 5. The number of fused-ring (bicyclic) bond motifs is 2. The molecule has 0 saturated carbocycles. The Labute approximate surface area is 517 Å². The van der Waals surface area contributed by atoms with Crippen molar-refractivity contribution >= 4 is 117 Å². The van der Waals surface area contributed by atoms with E-state index in [-0.39, 0.29) is 110 Å². The minimum absolute atomic E-state index is 0. The normalized spacial score (nSPS) is 11.1. The minimum Gasteiger partial charge on any atom is -0.447 e. The summed E-state index contributed by atoms with van der Waals surface area (Å²) in [6.07, 6.45) is 2.71. The number of amides is 4. The molecule has 2 heterocycles. The summed E-state index contributed by atoms with van der Waals surface area (Å²) >= 11 is 16.4. The summed E-state index contributed by atoms with van der Waals surface area (Å²) in [7, 11) is 3.23. The van der Waals surface area contributed by atoms with Crippen LogP contribution < -0.4 is 21.1 Å². The molecule has 27 heteroatoms. The van der Waals surface area contributed by atoms with E-state index in [0.717, 1.165) is 10.8 Å². The molecule has 0 radical (unpaired) electrons. The number of halogens is 7. The number of aromatic nitrogens is 2. The standard InChI is InChI=1S/C24H24ClF2N3O3.C20H26FN3O4.C7H7ClFN.C7H4ClNO4.CH4.H2S/c1-3-19(30(2)22(31)10-8-15-5-4-6-20(27)23(15)25)14-33-24(32)29-21-12-17-11-18(26)9-7-16(17)13-28-21;1-6-16(24(5)19(26)28-20(2,3)4)12-27-18(25)23-17-10-14-9-15(21)8-7-13(14)11-22-17;8-7-5(4-10)2-1-3-6(7)9;8-7(10)13-6-3-1-5(2-4-6)9(11)12;;/h4-7,9,11-13,19H,3,8,10,14H2,1-2H3,(H,28,29,32);7-11,16H,6,12H2,1-5H3,(H,22,23,25);1-3H,4,10H2;1-4H;1H4;1H2/t19-;16-;;;;/m00..../s1. The zero-order valence-corrected chi connectivity index (χ0v) is 50.4. The van der Waals surface area contributed by atoms with Gasteiger partial charge in [0.25, 0.3) is 5.69 Å². The van der Waals surface area contributed by atoms with Gasteiger partial charge in [-0.1, -0.05) is 68.7 Å². The van der Waals surface area contributed by atoms with Crippen molar-refractivity contribution in [2.45, 2.75) is 92.0 Å². The monoisotopic (exact) mass is 1280 g/mol. The lowest BCUT2D eigenvalue weighted by Gasteiger charge is -2.29. The first-order valence-electron chi connectivity index (χ1n) is 25.6. The molecule has 7 rings (SSSR count). The third-order valence-corrected chi connectivity index (χ3v) is 12.8. The average molecular weight is 1280 g/mol. The molecule has 2 aromatic heterocycles. The van der Waals surface area contributed by atoms with Crippen molar-refractivity contribution in [3.05, 3.63) is 176 Å². The highest BCUT2D eigenvalue weighted by atomic mass is 35.5. The van der Waals surface area contributed by atoms with E-state index in [9.17, 15) is 51.6 Å². The Kier molecular flexibility index (Phi) is 31.1. The van der Waals surface area contributed by atoms with Gasteiger partial charge in [-0.25, -0.2) is 46.7 Å². The maximum Gasteiger partial charge on any atom is 0.412 e. The smallest absolute Gasteiger partial charge is 0.412 e. The highest BCUT2D eigenvalue weighted by molar-refractivity contribution is 7.59. The molecule has 2 atom stereocenters. The van der Waals surface area contributed by atoms with Gasteiger partial charge in [0.1, 0.15) is 59.5 Å². The van der Waals surface area contributed by atoms with E-state index in [4.69, 9.17) is 54.7 Å². The van der Waals surface area contributed by atoms with Gasteiger partial charge in [-0.05, 0) is 135 Å². The number of aryl methyl sites for hydroxylation is 1. The molecular weight excluding hydrogens is 1210 g/mol. The van der Waals surface area contributed by atoms with Gasteiger partial charge in [-0.2, -0.15) is 13.5 Å². The van der Waals surface area contributed by atoms with E-state index in [0.29, 0.717) is 41.2 Å². The van der Waals surface area contributed by atoms with E-state index in [1.807, 2.05) is 13.8 Å². The first-order chi connectivity index (χ1) is 39.7. The van der Waals surface area contributed by atoms with Gasteiger partial charge >= 0.3 is 23.7 Å². The molecule has 0 unspecified atom stereocenters. The second-order valence-electron chi connectivity index (χ2n) is 19.0. The zero-order chi connectivity index (χ0) is 62.3. The number of nitrogens with one attached hydrogen (secondary N) is 2. The fourth-order valence-electron chi connectivity index (χ4n) is 7.27. The molecule has 86 heavy (non-hydrogen) atoms. The second-order valence-corrected chi connectivity index (χ2v) is 20.1. The molecule has 19 nitrogen and oxygen atoms in total. The molecule has 0 saturated heterocycles. The Morgan fingerprint density at radius 3 is 1.56 bits per heavy atom. The van der Waals surface area contributed by atoms with Crippen LogP contribution >= 0.6 is 48.3 Å². The van der Waals surface area contributed by atoms with Crippen LogP contribution in [0.1, 0.15) is 72.4 Å². The largest absolute Gasteiger partial charge is 0.447 e. The number of anilines is 2. The van der Waals surface area contributed by atoms with Crippen molar-refractivity contribution < 1.29 is 65.4 Å². The number of nitrogens with two attached hydrogens (primary N) is 1. The molecule has 5 aromatic carbocycles. The Morgan fingerprint density at radius 2 is 1.14 bits per heavy atom. The molecule has 0 fully saturated rings. The van der Waals surface area contributed by atoms with Gasteiger partial charge < -0.3 is 34.5 Å². The Balaban J connectivity index is 0.000000426. The van der Waals surface area contributed by atoms with Gasteiger partial charge in [0.2, 0.25) is 5.91 Å². The van der Waals surface area contributed by atoms with Crippen LogP contribution in [-0.4, -0.2) is 99.3 Å². The van der Waals surface area contributed by atoms with Gasteiger partial charge in [-0.3, -0.25) is 25.5 Å². The number of non-ortho nitro benzene ring substituents is 1. The lowest BCUT2D eigenvalue weighted by Crippen LogP contribution is -2.43. The van der Waals surface area contributed by atoms with E-state index in [1.165, 1.54) is 82.9 Å². The van der Waals surface area contributed by atoms with Crippen LogP contribution in [0, 0.1) is 33.4 Å². The number of nitrogens with zero attached hydrogens (tertiary/aromatic N) is 5. The SMILES string of the molecule is C.CC[C@@H](COC(=O)Nc1cc2cc(F)ccc2cn1)N(C)C(=O)CCc1cccc(F)c1Cl.CC[C@@H](COC(=O)Nc1cc2cc(F)ccc2cn1)N(C)C(=O)OC(C)(C)C.NCc1cccc(F)c1Cl.O=C(Cl)Oc1ccc([N+](=O)[O-])cc1.S. The van der Waals surface area contributed by atoms with Crippen molar-refractivity contribution in [3.8, 4) is 5.75 Å². The van der Waals surface area contributed by atoms with Gasteiger partial charge in [0.15, 0.2) is 0 Å². The molecule has 4 amide bonds. The first kappa shape index (κ1) is 74.1. The average Bonchev–Trinajstić information content (AvgIpc) is 2.52. The Morgan fingerprint density at radius 1 is 0.686 bits per heavy atom. The molecule has 7 aromatic rings. The fourth-order valence-corrected chi connectivity index (χ4v) is 7.79. The number of hydrogen-bond acceptors (Lipinski definition) is 14. The molecule has 0 spiro atoms. The predicted molar refractivity (Wildman–Crippen MR) is 329 cm³/mol. The predicted octanol–water partition coefficient (Wildman–Crippen LogP) is 15.2. The second kappa shape index (κ2) is 36.1. The van der Waals surface area contributed by atoms with Crippen LogP contribution in [0.3, 0.4) is 0 Å². The minimum atomic E-state index is -0.978. The van der Waals surface area contributed by atoms with Crippen LogP contribution in [0.15, 0.2) is 122 Å². The van der Waals surface area contributed by atoms with E-state index in [2.05, 4.69) is 25.3 Å². The number of likely N-dealkylation sites (N-methyl/N-ethyl adjacent to an activating group) is 2. The Bertz CT molecular complexity index is 3410. The highest BCUT2D eigenvalue weighted by Crippen LogP contribution is 2.24. The maximum absolute atomic E-state index is 13.6. The Hall–Kier alpha value is -8.03. The summed E-state index contributed by atoms with van der Waals surface area (Å²) in [5, 5.41) is 18.1. The fraction of sp³-hybridized carbons (Fsp3) is 0.305. The quantitative estimate of drug-likeness (QED) is 0.0268. The van der Waals surface area contributed by atoms with Gasteiger partial charge in [-0.15, -0.1) is 0 Å². The number of carbonyl (C=O) groups excluding carboxylic acids is 5. The summed E-state index contributed by atoms with van der Waals surface area (Å²) in [4.78, 5) is 80.1. The molecule has 0 bridgehead atoms. The topological polar surface area (TPSA) is 248 Å². The summed E-state index contributed by atoms with van der Waals surface area (Å²) in [5.41, 5.74) is 4.81. The van der Waals surface area contributed by atoms with E-state index < -0.39 is 45.9 Å². The number of pyridine rings is 2. The zero-order valence-electron chi connectivity index (χ0n) is 47.1. The molecule has 464 valence electrons. The van der Waals surface area contributed by atoms with Gasteiger partial charge in [0, 0.05) is 74.0 Å². The summed E-state index contributed by atoms with van der Waals surface area (Å²) in [6.45, 7) is 9.36. The van der Waals surface area contributed by atoms with Crippen molar-refractivity contribution in [1.82, 2.24) is 19.8 Å². The van der Waals surface area contributed by atoms with Crippen LogP contribution in [0.25, 0.3) is 21.5 Å². The van der Waals surface area contributed by atoms with Crippen molar-refractivity contribution in [2.24, 2.45) is 5.73 Å². The molecule has 0 aliphatic heterocycles. The number of hydrogen-bond donors (Lipinski definition) is 3. The van der Waals surface area contributed by atoms with Crippen molar-refractivity contribution in [3.63, 3.8) is 0 Å². The molecule has 4 N–H and O–H groups in total. The summed E-state index contributed by atoms with van der Waals surface area (Å²) in [5.74, 6) is -1.23. The highest BCUT2D eigenvalue weighted by Gasteiger charge is 2.26. The van der Waals surface area contributed by atoms with Crippen LogP contribution in [0.4, 0.5) is 54.1 Å². The van der Waals surface area contributed by atoms with Crippen LogP contribution in [0.2, 0.25) is 10.0 Å². The van der Waals surface area contributed by atoms with Crippen LogP contribution in [0.5, 0.6) is 5.75 Å². The first-order valence-corrected chi connectivity index (χ1v) is 26.7. The van der Waals surface area contributed by atoms with Crippen LogP contribution in [-0.2, 0) is 32.0 Å². The third kappa shape index (κ3) is 24.5. The van der Waals surface area contributed by atoms with Crippen molar-refractivity contribution in [2.75, 3.05) is 37.9 Å². The molecule has 0 aliphatic rings. The van der Waals surface area contributed by atoms with Gasteiger partial charge in [0.05, 0.1) is 27.1 Å². The third-order valence-electron chi connectivity index (χ3n) is 11.9. The maximum atomic E-state index is 13.6. The lowest BCUT2D eigenvalue weighted by molar-refractivity contribution is -0.384. The summed E-state index contributed by atoms with van der Waals surface area (Å²) < 4.78 is 73.2. The number of rotatable bonds is 16. The van der Waals surface area contributed by atoms with E-state index in [1.54, 1.807) is 83.4 Å². The number of nitro benzene ring substituents is 1. The number of benzene rings is 5. The summed E-state index contributed by atoms with van der Waals surface area (Å²) in [6, 6.07) is 25.1. The molecule has 0 aliphatic carbocycles.